The van der Waals surface area contributed by atoms with E-state index in [1.54, 1.807) is 12.1 Å². The van der Waals surface area contributed by atoms with Gasteiger partial charge in [-0.1, -0.05) is 103 Å². The Hall–Kier alpha value is -3.95. The first-order valence-corrected chi connectivity index (χ1v) is 12.6. The van der Waals surface area contributed by atoms with E-state index in [-0.39, 0.29) is 12.5 Å². The van der Waals surface area contributed by atoms with Gasteiger partial charge in [-0.3, -0.25) is 14.3 Å². The molecule has 6 heteroatoms. The SMILES string of the molecule is COC(=O)CNC(=O)c1ccccc1N=P(c1ccccc1)(c1ccccc1)c1ccccc1. The van der Waals surface area contributed by atoms with E-state index in [1.165, 1.54) is 7.11 Å². The topological polar surface area (TPSA) is 67.8 Å². The molecular formula is C28H25N2O3P. The van der Waals surface area contributed by atoms with Crippen LogP contribution in [0.3, 0.4) is 0 Å². The van der Waals surface area contributed by atoms with E-state index in [1.807, 2.05) is 66.7 Å². The molecule has 0 aromatic heterocycles. The number of rotatable bonds is 7. The maximum absolute atomic E-state index is 13.0. The van der Waals surface area contributed by atoms with Crippen LogP contribution in [0.1, 0.15) is 10.4 Å². The highest BCUT2D eigenvalue weighted by Crippen LogP contribution is 2.49. The summed E-state index contributed by atoms with van der Waals surface area (Å²) in [6, 6.07) is 37.8. The van der Waals surface area contributed by atoms with Gasteiger partial charge in [0, 0.05) is 15.9 Å². The van der Waals surface area contributed by atoms with E-state index in [2.05, 4.69) is 46.5 Å². The number of hydrogen-bond acceptors (Lipinski definition) is 4. The van der Waals surface area contributed by atoms with E-state index in [9.17, 15) is 9.59 Å². The Morgan fingerprint density at radius 3 is 1.62 bits per heavy atom. The predicted molar refractivity (Wildman–Crippen MR) is 138 cm³/mol. The fourth-order valence-electron chi connectivity index (χ4n) is 3.79. The third-order valence-corrected chi connectivity index (χ3v) is 9.07. The summed E-state index contributed by atoms with van der Waals surface area (Å²) in [4.78, 5) is 24.6. The van der Waals surface area contributed by atoms with Gasteiger partial charge in [0.25, 0.3) is 5.91 Å². The summed E-state index contributed by atoms with van der Waals surface area (Å²) in [5.74, 6) is -0.889. The smallest absolute Gasteiger partial charge is 0.325 e. The molecule has 1 amide bonds. The number of nitrogens with zero attached hydrogens (tertiary/aromatic N) is 1. The first-order chi connectivity index (χ1) is 16.6. The number of methoxy groups -OCH3 is 1. The summed E-state index contributed by atoms with van der Waals surface area (Å²) in [6.45, 7) is -0.208. The van der Waals surface area contributed by atoms with Gasteiger partial charge in [-0.2, -0.15) is 0 Å². The minimum absolute atomic E-state index is 0.208. The number of ether oxygens (including phenoxy) is 1. The summed E-state index contributed by atoms with van der Waals surface area (Å²) in [5, 5.41) is 5.88. The van der Waals surface area contributed by atoms with Crippen molar-refractivity contribution in [1.29, 1.82) is 0 Å². The largest absolute Gasteiger partial charge is 0.468 e. The second-order valence-corrected chi connectivity index (χ2v) is 10.5. The standard InChI is InChI=1S/C28H25N2O3P/c1-33-27(31)21-29-28(32)25-19-11-12-20-26(25)30-34(22-13-5-2-6-14-22,23-15-7-3-8-16-23)24-17-9-4-10-18-24/h2-20H,21H2,1H3,(H,29,32). The van der Waals surface area contributed by atoms with Crippen molar-refractivity contribution < 1.29 is 14.3 Å². The van der Waals surface area contributed by atoms with Crippen LogP contribution in [-0.2, 0) is 9.53 Å². The molecule has 0 saturated carbocycles. The van der Waals surface area contributed by atoms with Crippen LogP contribution < -0.4 is 21.2 Å². The molecule has 4 rings (SSSR count). The molecule has 0 aliphatic rings. The fraction of sp³-hybridized carbons (Fsp3) is 0.0714. The van der Waals surface area contributed by atoms with Gasteiger partial charge in [0.1, 0.15) is 6.54 Å². The minimum atomic E-state index is -2.53. The van der Waals surface area contributed by atoms with Gasteiger partial charge in [0.15, 0.2) is 0 Å². The summed E-state index contributed by atoms with van der Waals surface area (Å²) >= 11 is 0. The summed E-state index contributed by atoms with van der Waals surface area (Å²) in [6.07, 6.45) is 0. The van der Waals surface area contributed by atoms with Gasteiger partial charge in [0.2, 0.25) is 0 Å². The van der Waals surface area contributed by atoms with Crippen LogP contribution in [0.4, 0.5) is 5.69 Å². The number of esters is 1. The minimum Gasteiger partial charge on any atom is -0.468 e. The summed E-state index contributed by atoms with van der Waals surface area (Å²) in [7, 11) is -1.24. The van der Waals surface area contributed by atoms with Crippen LogP contribution in [0.25, 0.3) is 0 Å². The van der Waals surface area contributed by atoms with Gasteiger partial charge >= 0.3 is 5.97 Å². The van der Waals surface area contributed by atoms with Crippen LogP contribution in [-0.4, -0.2) is 25.5 Å². The van der Waals surface area contributed by atoms with Crippen molar-refractivity contribution in [2.24, 2.45) is 4.74 Å². The van der Waals surface area contributed by atoms with Gasteiger partial charge in [-0.25, -0.2) is 0 Å². The molecule has 1 N–H and O–H groups in total. The Bertz CT molecular complexity index is 1220. The molecule has 5 nitrogen and oxygen atoms in total. The van der Waals surface area contributed by atoms with Crippen molar-refractivity contribution in [1.82, 2.24) is 5.32 Å². The van der Waals surface area contributed by atoms with E-state index in [4.69, 9.17) is 4.74 Å². The third kappa shape index (κ3) is 4.85. The van der Waals surface area contributed by atoms with Crippen molar-refractivity contribution in [3.63, 3.8) is 0 Å². The predicted octanol–water partition coefficient (Wildman–Crippen LogP) is 4.40. The van der Waals surface area contributed by atoms with E-state index < -0.39 is 13.0 Å². The number of carbonyl (C=O) groups is 2. The van der Waals surface area contributed by atoms with Crippen molar-refractivity contribution in [3.8, 4) is 0 Å². The molecule has 0 fully saturated rings. The average Bonchev–Trinajstić information content (AvgIpc) is 2.92. The van der Waals surface area contributed by atoms with Crippen LogP contribution in [0.5, 0.6) is 0 Å². The van der Waals surface area contributed by atoms with Crippen LogP contribution in [0, 0.1) is 0 Å². The molecule has 0 unspecified atom stereocenters. The lowest BCUT2D eigenvalue weighted by molar-refractivity contribution is -0.139. The molecule has 0 aliphatic heterocycles. The van der Waals surface area contributed by atoms with Crippen molar-refractivity contribution >= 4 is 40.5 Å². The maximum atomic E-state index is 13.0. The Morgan fingerprint density at radius 1 is 0.706 bits per heavy atom. The van der Waals surface area contributed by atoms with E-state index in [0.717, 1.165) is 15.9 Å². The number of carbonyl (C=O) groups excluding carboxylic acids is 2. The van der Waals surface area contributed by atoms with Crippen molar-refractivity contribution in [3.05, 3.63) is 121 Å². The van der Waals surface area contributed by atoms with Gasteiger partial charge in [-0.05, 0) is 12.1 Å². The molecule has 0 heterocycles. The normalized spacial score (nSPS) is 10.9. The van der Waals surface area contributed by atoms with Crippen LogP contribution in [0.2, 0.25) is 0 Å². The quantitative estimate of drug-likeness (QED) is 0.323. The lowest BCUT2D eigenvalue weighted by Gasteiger charge is -2.27. The number of amides is 1. The second kappa shape index (κ2) is 10.8. The van der Waals surface area contributed by atoms with E-state index in [0.29, 0.717) is 11.3 Å². The molecule has 0 atom stereocenters. The molecule has 0 aliphatic carbocycles. The molecule has 0 bridgehead atoms. The highest BCUT2D eigenvalue weighted by atomic mass is 31.2. The zero-order valence-corrected chi connectivity index (χ0v) is 19.7. The fourth-order valence-corrected chi connectivity index (χ4v) is 7.34. The summed E-state index contributed by atoms with van der Waals surface area (Å²) in [5.41, 5.74) is 0.966. The highest BCUT2D eigenvalue weighted by Gasteiger charge is 2.28. The first kappa shape index (κ1) is 23.2. The summed E-state index contributed by atoms with van der Waals surface area (Å²) < 4.78 is 10.1. The number of hydrogen-bond donors (Lipinski definition) is 1. The van der Waals surface area contributed by atoms with E-state index >= 15 is 0 Å². The van der Waals surface area contributed by atoms with Crippen LogP contribution >= 0.6 is 7.05 Å². The Balaban J connectivity index is 1.99. The Kier molecular flexibility index (Phi) is 7.36. The van der Waals surface area contributed by atoms with Crippen molar-refractivity contribution in [2.75, 3.05) is 13.7 Å². The molecule has 170 valence electrons. The van der Waals surface area contributed by atoms with Crippen molar-refractivity contribution in [2.45, 2.75) is 0 Å². The molecule has 0 spiro atoms. The molecule has 4 aromatic rings. The lowest BCUT2D eigenvalue weighted by Crippen LogP contribution is -2.30. The second-order valence-electron chi connectivity index (χ2n) is 7.52. The number of nitrogens with one attached hydrogen (secondary N) is 1. The zero-order valence-electron chi connectivity index (χ0n) is 18.8. The zero-order chi connectivity index (χ0) is 23.8. The third-order valence-electron chi connectivity index (χ3n) is 5.42. The Labute approximate surface area is 199 Å². The molecule has 0 radical (unpaired) electrons. The maximum Gasteiger partial charge on any atom is 0.325 e. The number of benzene rings is 4. The monoisotopic (exact) mass is 468 g/mol. The average molecular weight is 468 g/mol. The highest BCUT2D eigenvalue weighted by molar-refractivity contribution is 7.87. The Morgan fingerprint density at radius 2 is 1.15 bits per heavy atom. The van der Waals surface area contributed by atoms with Gasteiger partial charge in [0.05, 0.1) is 25.4 Å². The molecule has 34 heavy (non-hydrogen) atoms. The molecule has 0 saturated heterocycles. The molecule has 4 aromatic carbocycles. The molecular weight excluding hydrogens is 443 g/mol. The first-order valence-electron chi connectivity index (χ1n) is 10.9. The van der Waals surface area contributed by atoms with Crippen LogP contribution in [0.15, 0.2) is 120 Å². The van der Waals surface area contributed by atoms with Gasteiger partial charge in [-0.15, -0.1) is 0 Å². The lowest BCUT2D eigenvalue weighted by atomic mass is 10.1. The van der Waals surface area contributed by atoms with Gasteiger partial charge < -0.3 is 10.1 Å².